The number of para-hydroxylation sites is 2. The number of ether oxygens (including phenoxy) is 1. The molecule has 1 atom stereocenters. The van der Waals surface area contributed by atoms with E-state index in [-0.39, 0.29) is 17.5 Å². The third kappa shape index (κ3) is 4.32. The molecule has 0 radical (unpaired) electrons. The van der Waals surface area contributed by atoms with E-state index < -0.39 is 0 Å². The van der Waals surface area contributed by atoms with Crippen LogP contribution in [0.15, 0.2) is 36.0 Å². The molecule has 0 aliphatic rings. The highest BCUT2D eigenvalue weighted by molar-refractivity contribution is 5.97. The van der Waals surface area contributed by atoms with Crippen LogP contribution in [0.3, 0.4) is 0 Å². The quantitative estimate of drug-likeness (QED) is 0.616. The lowest BCUT2D eigenvalue weighted by Crippen LogP contribution is -2.33. The number of carbonyl (C=O) groups excluding carboxylic acids is 1. The molecule has 0 bridgehead atoms. The molecule has 1 amide bonds. The number of benzene rings is 1. The Hall–Kier alpha value is -2.48. The van der Waals surface area contributed by atoms with Gasteiger partial charge in [0.2, 0.25) is 0 Å². The summed E-state index contributed by atoms with van der Waals surface area (Å²) in [6.07, 6.45) is 2.19. The van der Waals surface area contributed by atoms with Crippen molar-refractivity contribution < 1.29 is 9.53 Å². The van der Waals surface area contributed by atoms with E-state index in [0.29, 0.717) is 11.4 Å². The number of nitriles is 1. The highest BCUT2D eigenvalue weighted by Gasteiger charge is 2.11. The van der Waals surface area contributed by atoms with Crippen LogP contribution in [-0.4, -0.2) is 19.1 Å². The van der Waals surface area contributed by atoms with Gasteiger partial charge in [0.15, 0.2) is 0 Å². The summed E-state index contributed by atoms with van der Waals surface area (Å²) in [6, 6.07) is 9.19. The predicted molar refractivity (Wildman–Crippen MR) is 78.2 cm³/mol. The second kappa shape index (κ2) is 7.85. The van der Waals surface area contributed by atoms with Crippen molar-refractivity contribution in [1.82, 2.24) is 5.32 Å². The van der Waals surface area contributed by atoms with Crippen LogP contribution in [0.4, 0.5) is 5.69 Å². The van der Waals surface area contributed by atoms with Crippen LogP contribution in [0, 0.1) is 11.3 Å². The maximum absolute atomic E-state index is 11.8. The minimum absolute atomic E-state index is 0.0243. The smallest absolute Gasteiger partial charge is 0.263 e. The van der Waals surface area contributed by atoms with E-state index in [2.05, 4.69) is 10.6 Å². The standard InChI is InChI=1S/C15H19N3O2/c1-4-11(2)18-15(19)12(9-16)10-17-13-7-5-6-8-14(13)20-3/h5-8,10-11,17H,4H2,1-3H3,(H,18,19)/b12-10-. The molecule has 0 saturated carbocycles. The molecule has 1 aromatic rings. The number of rotatable bonds is 6. The van der Waals surface area contributed by atoms with Crippen molar-refractivity contribution in [2.75, 3.05) is 12.4 Å². The average molecular weight is 273 g/mol. The molecule has 106 valence electrons. The second-order valence-corrected chi connectivity index (χ2v) is 4.30. The summed E-state index contributed by atoms with van der Waals surface area (Å²) in [4.78, 5) is 11.8. The Morgan fingerprint density at radius 1 is 1.50 bits per heavy atom. The lowest BCUT2D eigenvalue weighted by molar-refractivity contribution is -0.117. The van der Waals surface area contributed by atoms with Crippen LogP contribution in [0.2, 0.25) is 0 Å². The summed E-state index contributed by atoms with van der Waals surface area (Å²) in [7, 11) is 1.56. The van der Waals surface area contributed by atoms with Crippen LogP contribution >= 0.6 is 0 Å². The number of hydrogen-bond acceptors (Lipinski definition) is 4. The van der Waals surface area contributed by atoms with Crippen molar-refractivity contribution in [2.24, 2.45) is 0 Å². The minimum Gasteiger partial charge on any atom is -0.495 e. The zero-order valence-electron chi connectivity index (χ0n) is 11.9. The van der Waals surface area contributed by atoms with E-state index in [1.165, 1.54) is 6.20 Å². The van der Waals surface area contributed by atoms with Crippen molar-refractivity contribution in [1.29, 1.82) is 5.26 Å². The molecule has 0 aromatic heterocycles. The van der Waals surface area contributed by atoms with E-state index in [0.717, 1.165) is 6.42 Å². The normalized spacial score (nSPS) is 12.2. The van der Waals surface area contributed by atoms with Gasteiger partial charge in [-0.1, -0.05) is 19.1 Å². The van der Waals surface area contributed by atoms with Gasteiger partial charge < -0.3 is 15.4 Å². The number of amides is 1. The van der Waals surface area contributed by atoms with Crippen LogP contribution < -0.4 is 15.4 Å². The van der Waals surface area contributed by atoms with Gasteiger partial charge in [-0.3, -0.25) is 4.79 Å². The Bertz CT molecular complexity index is 532. The van der Waals surface area contributed by atoms with Crippen LogP contribution in [0.1, 0.15) is 20.3 Å². The molecule has 0 heterocycles. The number of carbonyl (C=O) groups is 1. The summed E-state index contributed by atoms with van der Waals surface area (Å²) >= 11 is 0. The number of methoxy groups -OCH3 is 1. The van der Waals surface area contributed by atoms with Gasteiger partial charge in [-0.05, 0) is 25.5 Å². The molecule has 0 fully saturated rings. The minimum atomic E-state index is -0.385. The maximum Gasteiger partial charge on any atom is 0.263 e. The van der Waals surface area contributed by atoms with Gasteiger partial charge in [0.25, 0.3) is 5.91 Å². The number of nitrogens with zero attached hydrogens (tertiary/aromatic N) is 1. The topological polar surface area (TPSA) is 74.2 Å². The summed E-state index contributed by atoms with van der Waals surface area (Å²) in [5.74, 6) is 0.257. The van der Waals surface area contributed by atoms with Gasteiger partial charge >= 0.3 is 0 Å². The molecule has 0 aliphatic heterocycles. The first kappa shape index (κ1) is 15.6. The fourth-order valence-electron chi connectivity index (χ4n) is 1.47. The lowest BCUT2D eigenvalue weighted by atomic mass is 10.2. The monoisotopic (exact) mass is 273 g/mol. The largest absolute Gasteiger partial charge is 0.495 e. The highest BCUT2D eigenvalue weighted by Crippen LogP contribution is 2.23. The lowest BCUT2D eigenvalue weighted by Gasteiger charge is -2.11. The molecule has 5 nitrogen and oxygen atoms in total. The van der Waals surface area contributed by atoms with Gasteiger partial charge in [0, 0.05) is 12.2 Å². The molecule has 20 heavy (non-hydrogen) atoms. The summed E-state index contributed by atoms with van der Waals surface area (Å²) in [5.41, 5.74) is 0.718. The Morgan fingerprint density at radius 3 is 2.80 bits per heavy atom. The Labute approximate surface area is 119 Å². The molecule has 0 saturated heterocycles. The third-order valence-corrected chi connectivity index (χ3v) is 2.83. The van der Waals surface area contributed by atoms with Crippen LogP contribution in [0.5, 0.6) is 5.75 Å². The zero-order chi connectivity index (χ0) is 15.0. The highest BCUT2D eigenvalue weighted by atomic mass is 16.5. The predicted octanol–water partition coefficient (Wildman–Crippen LogP) is 2.43. The third-order valence-electron chi connectivity index (χ3n) is 2.83. The Balaban J connectivity index is 2.80. The van der Waals surface area contributed by atoms with Gasteiger partial charge in [0.05, 0.1) is 12.8 Å². The van der Waals surface area contributed by atoms with Crippen molar-refractivity contribution in [3.63, 3.8) is 0 Å². The molecule has 1 unspecified atom stereocenters. The van der Waals surface area contributed by atoms with E-state index in [1.54, 1.807) is 19.2 Å². The fourth-order valence-corrected chi connectivity index (χ4v) is 1.47. The van der Waals surface area contributed by atoms with Crippen LogP contribution in [0.25, 0.3) is 0 Å². The number of hydrogen-bond donors (Lipinski definition) is 2. The van der Waals surface area contributed by atoms with Gasteiger partial charge in [-0.2, -0.15) is 5.26 Å². The molecular weight excluding hydrogens is 254 g/mol. The van der Waals surface area contributed by atoms with Crippen molar-refractivity contribution >= 4 is 11.6 Å². The molecule has 5 heteroatoms. The van der Waals surface area contributed by atoms with Crippen molar-refractivity contribution in [3.8, 4) is 11.8 Å². The maximum atomic E-state index is 11.8. The van der Waals surface area contributed by atoms with Crippen molar-refractivity contribution in [2.45, 2.75) is 26.3 Å². The molecule has 1 rings (SSSR count). The molecule has 2 N–H and O–H groups in total. The van der Waals surface area contributed by atoms with E-state index in [9.17, 15) is 4.79 Å². The number of anilines is 1. The number of nitrogens with one attached hydrogen (secondary N) is 2. The van der Waals surface area contributed by atoms with E-state index >= 15 is 0 Å². The van der Waals surface area contributed by atoms with Gasteiger partial charge in [0.1, 0.15) is 17.4 Å². The molecule has 0 spiro atoms. The zero-order valence-corrected chi connectivity index (χ0v) is 11.9. The fraction of sp³-hybridized carbons (Fsp3) is 0.333. The summed E-state index contributed by atoms with van der Waals surface area (Å²) in [5, 5.41) is 14.7. The van der Waals surface area contributed by atoms with E-state index in [1.807, 2.05) is 32.0 Å². The van der Waals surface area contributed by atoms with Gasteiger partial charge in [-0.25, -0.2) is 0 Å². The van der Waals surface area contributed by atoms with E-state index in [4.69, 9.17) is 10.00 Å². The molecular formula is C15H19N3O2. The summed E-state index contributed by atoms with van der Waals surface area (Å²) in [6.45, 7) is 3.86. The average Bonchev–Trinajstić information content (AvgIpc) is 2.48. The van der Waals surface area contributed by atoms with Gasteiger partial charge in [-0.15, -0.1) is 0 Å². The Kier molecular flexibility index (Phi) is 6.11. The molecule has 0 aliphatic carbocycles. The first-order valence-corrected chi connectivity index (χ1v) is 6.43. The SMILES string of the molecule is CCC(C)NC(=O)/C(C#N)=C\Nc1ccccc1OC. The first-order chi connectivity index (χ1) is 9.62. The van der Waals surface area contributed by atoms with Crippen molar-refractivity contribution in [3.05, 3.63) is 36.0 Å². The summed E-state index contributed by atoms with van der Waals surface area (Å²) < 4.78 is 5.18. The Morgan fingerprint density at radius 2 is 2.20 bits per heavy atom. The van der Waals surface area contributed by atoms with Crippen LogP contribution in [-0.2, 0) is 4.79 Å². The first-order valence-electron chi connectivity index (χ1n) is 6.43. The molecule has 1 aromatic carbocycles. The second-order valence-electron chi connectivity index (χ2n) is 4.30.